The molecule has 6 nitrogen and oxygen atoms in total. The molecule has 0 unspecified atom stereocenters. The van der Waals surface area contributed by atoms with Crippen LogP contribution in [0.2, 0.25) is 0 Å². The highest BCUT2D eigenvalue weighted by Crippen LogP contribution is 2.21. The largest absolute Gasteiger partial charge is 0.469 e. The van der Waals surface area contributed by atoms with Gasteiger partial charge in [-0.15, -0.1) is 0 Å². The second kappa shape index (κ2) is 7.37. The summed E-state index contributed by atoms with van der Waals surface area (Å²) in [5.41, 5.74) is 7.27. The van der Waals surface area contributed by atoms with Gasteiger partial charge in [-0.05, 0) is 25.0 Å². The molecule has 0 bridgehead atoms. The Kier molecular flexibility index (Phi) is 6.10. The maximum absolute atomic E-state index is 12.0. The fourth-order valence-corrected chi connectivity index (χ4v) is 3.21. The number of aryl methyl sites for hydroxylation is 1. The third-order valence-electron chi connectivity index (χ3n) is 2.81. The van der Waals surface area contributed by atoms with Crippen molar-refractivity contribution in [1.82, 2.24) is 0 Å². The van der Waals surface area contributed by atoms with Crippen molar-refractivity contribution in [2.24, 2.45) is 5.73 Å². The SMILES string of the molecule is COC(=O)CCCS(=O)(=O)Nc1cccc(C)c1C(N)=S. The van der Waals surface area contributed by atoms with Gasteiger partial charge in [-0.1, -0.05) is 24.4 Å². The Morgan fingerprint density at radius 3 is 2.67 bits per heavy atom. The number of thiocarbonyl (C=S) groups is 1. The Labute approximate surface area is 129 Å². The third kappa shape index (κ3) is 5.31. The molecule has 0 aliphatic rings. The summed E-state index contributed by atoms with van der Waals surface area (Å²) in [6, 6.07) is 5.10. The van der Waals surface area contributed by atoms with Crippen molar-refractivity contribution >= 4 is 38.9 Å². The van der Waals surface area contributed by atoms with Crippen LogP contribution in [0.1, 0.15) is 24.0 Å². The molecule has 0 aromatic heterocycles. The van der Waals surface area contributed by atoms with Gasteiger partial charge in [-0.3, -0.25) is 9.52 Å². The number of methoxy groups -OCH3 is 1. The fourth-order valence-electron chi connectivity index (χ4n) is 1.81. The van der Waals surface area contributed by atoms with Gasteiger partial charge in [0, 0.05) is 12.0 Å². The lowest BCUT2D eigenvalue weighted by atomic mass is 10.1. The molecule has 1 aromatic carbocycles. The molecule has 0 radical (unpaired) electrons. The van der Waals surface area contributed by atoms with Crippen LogP contribution in [0.4, 0.5) is 5.69 Å². The predicted octanol–water partition coefficient (Wildman–Crippen LogP) is 1.32. The third-order valence-corrected chi connectivity index (χ3v) is 4.37. The molecule has 0 heterocycles. The first-order valence-electron chi connectivity index (χ1n) is 6.23. The van der Waals surface area contributed by atoms with Gasteiger partial charge in [0.15, 0.2) is 0 Å². The van der Waals surface area contributed by atoms with Gasteiger partial charge in [0.2, 0.25) is 10.0 Å². The van der Waals surface area contributed by atoms with E-state index in [1.165, 1.54) is 7.11 Å². The Hall–Kier alpha value is -1.67. The van der Waals surface area contributed by atoms with E-state index in [2.05, 4.69) is 9.46 Å². The molecular weight excluding hydrogens is 312 g/mol. The first-order chi connectivity index (χ1) is 9.76. The number of nitrogens with one attached hydrogen (secondary N) is 1. The first kappa shape index (κ1) is 17.4. The summed E-state index contributed by atoms with van der Waals surface area (Å²) in [7, 11) is -2.32. The smallest absolute Gasteiger partial charge is 0.305 e. The average molecular weight is 330 g/mol. The molecule has 0 fully saturated rings. The van der Waals surface area contributed by atoms with Crippen molar-refractivity contribution < 1.29 is 17.9 Å². The minimum Gasteiger partial charge on any atom is -0.469 e. The Morgan fingerprint density at radius 2 is 2.10 bits per heavy atom. The highest BCUT2D eigenvalue weighted by Gasteiger charge is 2.16. The number of hydrogen-bond acceptors (Lipinski definition) is 5. The molecule has 0 aliphatic heterocycles. The number of sulfonamides is 1. The molecule has 3 N–H and O–H groups in total. The summed E-state index contributed by atoms with van der Waals surface area (Å²) in [5, 5.41) is 0. The molecule has 8 heteroatoms. The van der Waals surface area contributed by atoms with Gasteiger partial charge in [0.1, 0.15) is 4.99 Å². The number of hydrogen-bond donors (Lipinski definition) is 2. The number of ether oxygens (including phenoxy) is 1. The standard InChI is InChI=1S/C13H18N2O4S2/c1-9-5-3-6-10(12(9)13(14)20)15-21(17,18)8-4-7-11(16)19-2/h3,5-6,15H,4,7-8H2,1-2H3,(H2,14,20). The molecule has 1 aromatic rings. The molecule has 0 saturated carbocycles. The maximum Gasteiger partial charge on any atom is 0.305 e. The first-order valence-corrected chi connectivity index (χ1v) is 8.29. The summed E-state index contributed by atoms with van der Waals surface area (Å²) in [5.74, 6) is -0.628. The monoisotopic (exact) mass is 330 g/mol. The van der Waals surface area contributed by atoms with Crippen molar-refractivity contribution in [3.05, 3.63) is 29.3 Å². The number of rotatable bonds is 7. The van der Waals surface area contributed by atoms with Gasteiger partial charge in [0.25, 0.3) is 0 Å². The van der Waals surface area contributed by atoms with Crippen molar-refractivity contribution in [2.45, 2.75) is 19.8 Å². The molecule has 1 rings (SSSR count). The van der Waals surface area contributed by atoms with E-state index < -0.39 is 16.0 Å². The molecule has 0 saturated heterocycles. The maximum atomic E-state index is 12.0. The summed E-state index contributed by atoms with van der Waals surface area (Å²) in [4.78, 5) is 11.1. The molecule has 0 spiro atoms. The number of nitrogens with two attached hydrogens (primary N) is 1. The zero-order chi connectivity index (χ0) is 16.0. The van der Waals surface area contributed by atoms with E-state index in [1.807, 2.05) is 0 Å². The number of esters is 1. The van der Waals surface area contributed by atoms with E-state index in [1.54, 1.807) is 25.1 Å². The normalized spacial score (nSPS) is 11.0. The van der Waals surface area contributed by atoms with Crippen molar-refractivity contribution in [1.29, 1.82) is 0 Å². The Bertz CT molecular complexity index is 642. The van der Waals surface area contributed by atoms with Gasteiger partial charge >= 0.3 is 5.97 Å². The van der Waals surface area contributed by atoms with E-state index in [-0.39, 0.29) is 23.6 Å². The number of anilines is 1. The zero-order valence-corrected chi connectivity index (χ0v) is 13.5. The average Bonchev–Trinajstić information content (AvgIpc) is 2.37. The van der Waals surface area contributed by atoms with Crippen LogP contribution < -0.4 is 10.5 Å². The van der Waals surface area contributed by atoms with Crippen LogP contribution in [0.25, 0.3) is 0 Å². The summed E-state index contributed by atoms with van der Waals surface area (Å²) in [6.07, 6.45) is 0.226. The summed E-state index contributed by atoms with van der Waals surface area (Å²) in [6.45, 7) is 1.80. The predicted molar refractivity (Wildman–Crippen MR) is 85.7 cm³/mol. The minimum absolute atomic E-state index is 0.0490. The second-order valence-corrected chi connectivity index (χ2v) is 6.74. The van der Waals surface area contributed by atoms with E-state index >= 15 is 0 Å². The van der Waals surface area contributed by atoms with Crippen LogP contribution in [-0.2, 0) is 19.6 Å². The van der Waals surface area contributed by atoms with Crippen LogP contribution in [-0.4, -0.2) is 32.2 Å². The van der Waals surface area contributed by atoms with Crippen molar-refractivity contribution in [3.63, 3.8) is 0 Å². The lowest BCUT2D eigenvalue weighted by Gasteiger charge is -2.13. The fraction of sp³-hybridized carbons (Fsp3) is 0.385. The summed E-state index contributed by atoms with van der Waals surface area (Å²) < 4.78 is 30.9. The topological polar surface area (TPSA) is 98.5 Å². The quantitative estimate of drug-likeness (QED) is 0.578. The number of benzene rings is 1. The van der Waals surface area contributed by atoms with E-state index in [9.17, 15) is 13.2 Å². The van der Waals surface area contributed by atoms with Crippen LogP contribution in [0.3, 0.4) is 0 Å². The minimum atomic E-state index is -3.58. The van der Waals surface area contributed by atoms with Gasteiger partial charge in [-0.2, -0.15) is 0 Å². The highest BCUT2D eigenvalue weighted by atomic mass is 32.2. The lowest BCUT2D eigenvalue weighted by molar-refractivity contribution is -0.140. The lowest BCUT2D eigenvalue weighted by Crippen LogP contribution is -2.21. The van der Waals surface area contributed by atoms with E-state index in [4.69, 9.17) is 18.0 Å². The van der Waals surface area contributed by atoms with E-state index in [0.717, 1.165) is 5.56 Å². The Morgan fingerprint density at radius 1 is 1.43 bits per heavy atom. The van der Waals surface area contributed by atoms with Gasteiger partial charge < -0.3 is 10.5 Å². The van der Waals surface area contributed by atoms with Crippen LogP contribution in [0.5, 0.6) is 0 Å². The second-order valence-electron chi connectivity index (χ2n) is 4.46. The van der Waals surface area contributed by atoms with Crippen molar-refractivity contribution in [3.8, 4) is 0 Å². The van der Waals surface area contributed by atoms with Crippen LogP contribution >= 0.6 is 12.2 Å². The number of carbonyl (C=O) groups is 1. The molecule has 116 valence electrons. The molecule has 0 atom stereocenters. The van der Waals surface area contributed by atoms with Gasteiger partial charge in [0.05, 0.1) is 18.6 Å². The van der Waals surface area contributed by atoms with Crippen molar-refractivity contribution in [2.75, 3.05) is 17.6 Å². The van der Waals surface area contributed by atoms with Crippen LogP contribution in [0.15, 0.2) is 18.2 Å². The molecule has 0 amide bonds. The molecule has 0 aliphatic carbocycles. The molecule has 21 heavy (non-hydrogen) atoms. The van der Waals surface area contributed by atoms with Gasteiger partial charge in [-0.25, -0.2) is 8.42 Å². The Balaban J connectivity index is 2.83. The molecular formula is C13H18N2O4S2. The number of carbonyl (C=O) groups excluding carboxylic acids is 1. The van der Waals surface area contributed by atoms with Crippen LogP contribution in [0, 0.1) is 6.92 Å². The zero-order valence-electron chi connectivity index (χ0n) is 11.9. The highest BCUT2D eigenvalue weighted by molar-refractivity contribution is 7.92. The van der Waals surface area contributed by atoms with E-state index in [0.29, 0.717) is 11.3 Å². The summed E-state index contributed by atoms with van der Waals surface area (Å²) >= 11 is 4.95.